The quantitative estimate of drug-likeness (QED) is 0.291. The van der Waals surface area contributed by atoms with E-state index >= 15 is 0 Å². The largest absolute Gasteiger partial charge is 0.481 e. The molecule has 1 amide bonds. The van der Waals surface area contributed by atoms with Crippen LogP contribution in [0.2, 0.25) is 0 Å². The van der Waals surface area contributed by atoms with Crippen LogP contribution in [0.1, 0.15) is 55.1 Å². The molecular formula is C33H29FN4O6. The number of aliphatic imine (C=N–C) groups is 1. The van der Waals surface area contributed by atoms with Crippen LogP contribution in [0.5, 0.6) is 0 Å². The molecule has 10 nitrogen and oxygen atoms in total. The first-order chi connectivity index (χ1) is 21.1. The van der Waals surface area contributed by atoms with Gasteiger partial charge in [-0.2, -0.15) is 0 Å². The lowest BCUT2D eigenvalue weighted by Gasteiger charge is -2.17. The number of fused-ring (bicyclic) bond motifs is 2. The predicted molar refractivity (Wildman–Crippen MR) is 161 cm³/mol. The van der Waals surface area contributed by atoms with Crippen LogP contribution in [-0.2, 0) is 27.3 Å². The summed E-state index contributed by atoms with van der Waals surface area (Å²) in [4.78, 5) is 52.6. The van der Waals surface area contributed by atoms with E-state index in [1.54, 1.807) is 25.1 Å². The summed E-state index contributed by atoms with van der Waals surface area (Å²) in [5.74, 6) is -1.50. The second kappa shape index (κ2) is 11.6. The topological polar surface area (TPSA) is 143 Å². The van der Waals surface area contributed by atoms with Crippen molar-refractivity contribution in [1.29, 1.82) is 0 Å². The van der Waals surface area contributed by atoms with E-state index in [4.69, 9.17) is 14.9 Å². The number of hydrogen-bond acceptors (Lipinski definition) is 7. The molecule has 2 N–H and O–H groups in total. The third-order valence-electron chi connectivity index (χ3n) is 7.96. The van der Waals surface area contributed by atoms with Gasteiger partial charge in [0.25, 0.3) is 11.5 Å². The number of carbonyl (C=O) groups is 2. The van der Waals surface area contributed by atoms with Crippen LogP contribution >= 0.6 is 0 Å². The van der Waals surface area contributed by atoms with Gasteiger partial charge in [-0.15, -0.1) is 0 Å². The fourth-order valence-electron chi connectivity index (χ4n) is 5.60. The fourth-order valence-corrected chi connectivity index (χ4v) is 5.60. The first-order valence-electron chi connectivity index (χ1n) is 14.3. The van der Waals surface area contributed by atoms with Gasteiger partial charge in [0, 0.05) is 36.8 Å². The number of carboxylic acids is 1. The van der Waals surface area contributed by atoms with E-state index in [1.165, 1.54) is 28.8 Å². The molecule has 0 unspecified atom stereocenters. The molecule has 0 radical (unpaired) electrons. The minimum absolute atomic E-state index is 0.00711. The van der Waals surface area contributed by atoms with E-state index in [-0.39, 0.29) is 18.4 Å². The summed E-state index contributed by atoms with van der Waals surface area (Å²) in [5.41, 5.74) is 2.16. The Balaban J connectivity index is 1.29. The highest BCUT2D eigenvalue weighted by atomic mass is 19.1. The molecule has 1 aromatic heterocycles. The van der Waals surface area contributed by atoms with Gasteiger partial charge < -0.3 is 15.1 Å². The third kappa shape index (κ3) is 5.53. The number of benzene rings is 3. The van der Waals surface area contributed by atoms with Gasteiger partial charge in [0.15, 0.2) is 0 Å². The molecular weight excluding hydrogens is 567 g/mol. The molecule has 0 fully saturated rings. The fraction of sp³-hybridized carbons (Fsp3) is 0.273. The Hall–Kier alpha value is -5.03. The first-order valence-corrected chi connectivity index (χ1v) is 14.3. The molecule has 3 aromatic carbocycles. The molecule has 0 bridgehead atoms. The summed E-state index contributed by atoms with van der Waals surface area (Å²) in [7, 11) is 0. The Morgan fingerprint density at radius 1 is 1.11 bits per heavy atom. The lowest BCUT2D eigenvalue weighted by atomic mass is 9.94. The van der Waals surface area contributed by atoms with E-state index in [2.05, 4.69) is 10.1 Å². The number of rotatable bonds is 8. The van der Waals surface area contributed by atoms with E-state index in [1.807, 2.05) is 24.3 Å². The van der Waals surface area contributed by atoms with E-state index in [0.29, 0.717) is 65.1 Å². The van der Waals surface area contributed by atoms with Crippen molar-refractivity contribution < 1.29 is 29.0 Å². The standard InChI is InChI=1S/C33H29FN4O6/c1-33(32(43)36-30-23-7-3-2-6-19(23)17-27(30)39)18-26(37-44-33)20-10-15-24-25(16-20)35-28(8-4-5-9-29(40)41)38(31(24)42)22-13-11-21(34)12-14-22/h2-3,6-7,10-16,27,39H,4-5,8-9,17-18H2,1H3,(H,40,41)/t27-,33+/m1/s1. The zero-order valence-corrected chi connectivity index (χ0v) is 23.9. The second-order valence-corrected chi connectivity index (χ2v) is 11.2. The molecule has 11 heteroatoms. The highest BCUT2D eigenvalue weighted by molar-refractivity contribution is 6.14. The molecule has 6 rings (SSSR count). The van der Waals surface area contributed by atoms with Crippen LogP contribution in [0.25, 0.3) is 16.6 Å². The number of hydrogen-bond donors (Lipinski definition) is 2. The number of amides is 1. The van der Waals surface area contributed by atoms with Crippen LogP contribution in [0.4, 0.5) is 4.39 Å². The van der Waals surface area contributed by atoms with Crippen molar-refractivity contribution in [3.05, 3.63) is 105 Å². The van der Waals surface area contributed by atoms with Crippen molar-refractivity contribution in [3.63, 3.8) is 0 Å². The number of nitrogens with zero attached hydrogens (tertiary/aromatic N) is 4. The average molecular weight is 597 g/mol. The predicted octanol–water partition coefficient (Wildman–Crippen LogP) is 4.14. The van der Waals surface area contributed by atoms with Crippen LogP contribution in [0, 0.1) is 5.82 Å². The smallest absolute Gasteiger partial charge is 0.303 e. The second-order valence-electron chi connectivity index (χ2n) is 11.2. The van der Waals surface area contributed by atoms with Crippen molar-refractivity contribution in [2.45, 2.75) is 57.2 Å². The number of carboxylic acid groups (broad SMARTS) is 1. The lowest BCUT2D eigenvalue weighted by Crippen LogP contribution is -2.35. The van der Waals surface area contributed by atoms with Crippen LogP contribution in [0.15, 0.2) is 81.7 Å². The van der Waals surface area contributed by atoms with Crippen molar-refractivity contribution in [3.8, 4) is 5.69 Å². The summed E-state index contributed by atoms with van der Waals surface area (Å²) in [6.45, 7) is 1.60. The maximum atomic E-state index is 13.7. The van der Waals surface area contributed by atoms with Gasteiger partial charge in [0.2, 0.25) is 5.60 Å². The van der Waals surface area contributed by atoms with Crippen LogP contribution in [-0.4, -0.2) is 54.8 Å². The Morgan fingerprint density at radius 2 is 1.89 bits per heavy atom. The number of aliphatic hydroxyl groups excluding tert-OH is 1. The Morgan fingerprint density at radius 3 is 2.66 bits per heavy atom. The van der Waals surface area contributed by atoms with E-state index < -0.39 is 29.4 Å². The Kier molecular flexibility index (Phi) is 7.64. The van der Waals surface area contributed by atoms with Gasteiger partial charge in [0.1, 0.15) is 17.7 Å². The summed E-state index contributed by atoms with van der Waals surface area (Å²) < 4.78 is 15.1. The summed E-state index contributed by atoms with van der Waals surface area (Å²) in [5, 5.41) is 24.1. The van der Waals surface area contributed by atoms with Gasteiger partial charge >= 0.3 is 5.97 Å². The van der Waals surface area contributed by atoms with Gasteiger partial charge in [0.05, 0.1) is 28.0 Å². The number of carbonyl (C=O) groups excluding carboxylic acids is 1. The maximum Gasteiger partial charge on any atom is 0.303 e. The minimum atomic E-state index is -1.39. The highest BCUT2D eigenvalue weighted by Gasteiger charge is 2.43. The Labute approximate surface area is 251 Å². The third-order valence-corrected chi connectivity index (χ3v) is 7.96. The first kappa shape index (κ1) is 29.1. The molecule has 2 heterocycles. The molecule has 0 spiro atoms. The van der Waals surface area contributed by atoms with Crippen molar-refractivity contribution in [2.75, 3.05) is 0 Å². The van der Waals surface area contributed by atoms with Gasteiger partial charge in [-0.3, -0.25) is 19.0 Å². The van der Waals surface area contributed by atoms with Gasteiger partial charge in [-0.25, -0.2) is 14.4 Å². The Bertz CT molecular complexity index is 1920. The number of aliphatic carboxylic acids is 1. The number of aryl methyl sites for hydroxylation is 1. The van der Waals surface area contributed by atoms with Gasteiger partial charge in [-0.05, 0) is 61.7 Å². The number of halogens is 1. The minimum Gasteiger partial charge on any atom is -0.481 e. The lowest BCUT2D eigenvalue weighted by molar-refractivity contribution is -0.138. The number of oxime groups is 1. The SMILES string of the molecule is C[C@@]1(C(=O)N=C2c3ccccc3C[C@H]2O)CC(c2ccc3c(=O)n(-c4ccc(F)cc4)c(CCCCC(=O)O)nc3c2)=NO1. The average Bonchev–Trinajstić information content (AvgIpc) is 3.56. The zero-order chi connectivity index (χ0) is 31.0. The molecule has 0 saturated carbocycles. The molecule has 1 aliphatic heterocycles. The van der Waals surface area contributed by atoms with E-state index in [9.17, 15) is 23.9 Å². The van der Waals surface area contributed by atoms with Crippen molar-refractivity contribution >= 4 is 34.2 Å². The normalized spacial score (nSPS) is 20.0. The highest BCUT2D eigenvalue weighted by Crippen LogP contribution is 2.31. The van der Waals surface area contributed by atoms with Crippen LogP contribution in [0.3, 0.4) is 0 Å². The molecule has 0 saturated heterocycles. The molecule has 4 aromatic rings. The summed E-state index contributed by atoms with van der Waals surface area (Å²) >= 11 is 0. The van der Waals surface area contributed by atoms with Crippen molar-refractivity contribution in [1.82, 2.24) is 9.55 Å². The summed E-state index contributed by atoms with van der Waals surface area (Å²) in [6.07, 6.45) is 0.814. The monoisotopic (exact) mass is 596 g/mol. The summed E-state index contributed by atoms with van der Waals surface area (Å²) in [6, 6.07) is 18.0. The van der Waals surface area contributed by atoms with Crippen molar-refractivity contribution in [2.24, 2.45) is 10.1 Å². The van der Waals surface area contributed by atoms with Gasteiger partial charge in [-0.1, -0.05) is 35.5 Å². The molecule has 224 valence electrons. The molecule has 1 aliphatic carbocycles. The number of aliphatic hydroxyl groups is 1. The van der Waals surface area contributed by atoms with E-state index in [0.717, 1.165) is 11.1 Å². The number of unbranched alkanes of at least 4 members (excludes halogenated alkanes) is 1. The number of aromatic nitrogens is 2. The van der Waals surface area contributed by atoms with Crippen LogP contribution < -0.4 is 5.56 Å². The molecule has 44 heavy (non-hydrogen) atoms. The maximum absolute atomic E-state index is 13.7. The molecule has 2 aliphatic rings. The molecule has 2 atom stereocenters. The zero-order valence-electron chi connectivity index (χ0n) is 23.9.